The molecule has 0 amide bonds. The van der Waals surface area contributed by atoms with Crippen molar-refractivity contribution in [3.63, 3.8) is 0 Å². The number of hydrogen-bond donors (Lipinski definition) is 0. The minimum Gasteiger partial charge on any atom is -0.258 e. The van der Waals surface area contributed by atoms with Crippen LogP contribution in [0.4, 0.5) is 11.4 Å². The molecule has 7 heteroatoms. The van der Waals surface area contributed by atoms with E-state index in [0.717, 1.165) is 0 Å². The molecule has 0 saturated carbocycles. The topological polar surface area (TPSA) is 86.3 Å². The Morgan fingerprint density at radius 1 is 1.10 bits per heavy atom. The number of nitrogens with zero attached hydrogens (tertiary/aromatic N) is 2. The molecule has 1 aromatic rings. The Morgan fingerprint density at radius 3 is 2.05 bits per heavy atom. The van der Waals surface area contributed by atoms with Crippen LogP contribution in [-0.4, -0.2) is 17.9 Å². The van der Waals surface area contributed by atoms with Gasteiger partial charge in [-0.1, -0.05) is 25.6 Å². The van der Waals surface area contributed by atoms with Crippen LogP contribution < -0.4 is 0 Å². The van der Waals surface area contributed by atoms with E-state index in [4.69, 9.17) is 0 Å². The first-order valence-corrected chi connectivity index (χ1v) is 9.50. The van der Waals surface area contributed by atoms with Crippen LogP contribution in [0.2, 0.25) is 19.6 Å². The van der Waals surface area contributed by atoms with Gasteiger partial charge in [-0.3, -0.25) is 20.2 Å². The van der Waals surface area contributed by atoms with Crippen molar-refractivity contribution < 1.29 is 9.85 Å². The molecule has 0 unspecified atom stereocenters. The predicted molar refractivity (Wildman–Crippen MR) is 79.4 cm³/mol. The first-order chi connectivity index (χ1) is 9.04. The van der Waals surface area contributed by atoms with Crippen LogP contribution in [0.3, 0.4) is 0 Å². The molecule has 0 radical (unpaired) electrons. The molecule has 1 rings (SSSR count). The zero-order valence-corrected chi connectivity index (χ0v) is 13.1. The van der Waals surface area contributed by atoms with E-state index >= 15 is 0 Å². The first kappa shape index (κ1) is 15.9. The maximum absolute atomic E-state index is 11.2. The largest absolute Gasteiger partial charge is 0.361 e. The van der Waals surface area contributed by atoms with Crippen LogP contribution in [0.1, 0.15) is 16.7 Å². The van der Waals surface area contributed by atoms with Gasteiger partial charge in [0, 0.05) is 6.07 Å². The normalized spacial score (nSPS) is 10.7. The maximum atomic E-state index is 11.2. The second-order valence-electron chi connectivity index (χ2n) is 5.58. The highest BCUT2D eigenvalue weighted by molar-refractivity contribution is 6.83. The predicted octanol–water partition coefficient (Wildman–Crippen LogP) is 3.35. The summed E-state index contributed by atoms with van der Waals surface area (Å²) in [6, 6.07) is 1.23. The number of rotatable bonds is 2. The van der Waals surface area contributed by atoms with Crippen molar-refractivity contribution in [3.05, 3.63) is 43.0 Å². The summed E-state index contributed by atoms with van der Waals surface area (Å²) in [5.41, 5.74) is 3.42. The highest BCUT2D eigenvalue weighted by atomic mass is 28.3. The summed E-state index contributed by atoms with van der Waals surface area (Å²) in [4.78, 5) is 20.7. The molecule has 0 atom stereocenters. The van der Waals surface area contributed by atoms with Gasteiger partial charge in [0.2, 0.25) is 0 Å². The molecule has 0 fully saturated rings. The van der Waals surface area contributed by atoms with E-state index in [2.05, 4.69) is 11.5 Å². The molecular formula is C13H16N2O4Si. The molecule has 6 nitrogen and oxygen atoms in total. The fourth-order valence-electron chi connectivity index (χ4n) is 1.61. The van der Waals surface area contributed by atoms with Crippen molar-refractivity contribution in [2.75, 3.05) is 0 Å². The third-order valence-electron chi connectivity index (χ3n) is 2.74. The van der Waals surface area contributed by atoms with Crippen LogP contribution in [0.15, 0.2) is 6.07 Å². The van der Waals surface area contributed by atoms with E-state index in [-0.39, 0.29) is 5.56 Å². The average Bonchev–Trinajstić information content (AvgIpc) is 2.28. The number of nitro benzene ring substituents is 2. The smallest absolute Gasteiger partial charge is 0.258 e. The molecule has 0 bridgehead atoms. The standard InChI is InChI=1S/C13H16N2O4Si/c1-9-8-12(14(16)17)13(15(18)19)11(10(9)2)6-7-20(3,4)5/h8H,1-5H3. The highest BCUT2D eigenvalue weighted by Crippen LogP contribution is 2.34. The van der Waals surface area contributed by atoms with Crippen LogP contribution >= 0.6 is 0 Å². The summed E-state index contributed by atoms with van der Waals surface area (Å²) in [5, 5.41) is 22.2. The summed E-state index contributed by atoms with van der Waals surface area (Å²) in [7, 11) is -1.74. The van der Waals surface area contributed by atoms with Gasteiger partial charge in [0.05, 0.1) is 9.85 Å². The van der Waals surface area contributed by atoms with Gasteiger partial charge >= 0.3 is 11.4 Å². The molecular weight excluding hydrogens is 276 g/mol. The molecule has 0 spiro atoms. The Morgan fingerprint density at radius 2 is 1.65 bits per heavy atom. The summed E-state index contributed by atoms with van der Waals surface area (Å²) in [6.07, 6.45) is 0. The minimum atomic E-state index is -1.74. The Labute approximate surface area is 118 Å². The fraction of sp³-hybridized carbons (Fsp3) is 0.385. The zero-order valence-electron chi connectivity index (χ0n) is 12.1. The molecule has 1 aromatic carbocycles. The maximum Gasteiger partial charge on any atom is 0.361 e. The van der Waals surface area contributed by atoms with Crippen molar-refractivity contribution in [1.82, 2.24) is 0 Å². The van der Waals surface area contributed by atoms with Gasteiger partial charge in [-0.05, 0) is 25.0 Å². The third kappa shape index (κ3) is 3.42. The van der Waals surface area contributed by atoms with Gasteiger partial charge in [-0.2, -0.15) is 0 Å². The summed E-state index contributed by atoms with van der Waals surface area (Å²) in [6.45, 7) is 9.40. The minimum absolute atomic E-state index is 0.157. The van der Waals surface area contributed by atoms with Crippen molar-refractivity contribution in [2.24, 2.45) is 0 Å². The summed E-state index contributed by atoms with van der Waals surface area (Å²) < 4.78 is 0. The van der Waals surface area contributed by atoms with Crippen molar-refractivity contribution in [2.45, 2.75) is 33.5 Å². The fourth-order valence-corrected chi connectivity index (χ4v) is 2.11. The number of benzene rings is 1. The zero-order chi connectivity index (χ0) is 15.7. The van der Waals surface area contributed by atoms with Crippen molar-refractivity contribution >= 4 is 19.4 Å². The molecule has 106 valence electrons. The van der Waals surface area contributed by atoms with E-state index in [1.54, 1.807) is 13.8 Å². The molecule has 0 aliphatic heterocycles. The average molecular weight is 292 g/mol. The van der Waals surface area contributed by atoms with Gasteiger partial charge in [-0.15, -0.1) is 5.54 Å². The van der Waals surface area contributed by atoms with E-state index in [1.165, 1.54) is 6.07 Å². The second kappa shape index (κ2) is 5.42. The van der Waals surface area contributed by atoms with E-state index in [1.807, 2.05) is 19.6 Å². The Kier molecular flexibility index (Phi) is 4.30. The SMILES string of the molecule is Cc1cc([N+](=O)[O-])c([N+](=O)[O-])c(C#C[Si](C)(C)C)c1C. The van der Waals surface area contributed by atoms with Gasteiger partial charge < -0.3 is 0 Å². The number of nitro groups is 2. The van der Waals surface area contributed by atoms with Gasteiger partial charge in [0.15, 0.2) is 0 Å². The molecule has 0 aliphatic rings. The Hall–Kier alpha value is -2.20. The third-order valence-corrected chi connectivity index (χ3v) is 3.62. The number of hydrogen-bond acceptors (Lipinski definition) is 4. The molecule has 0 aromatic heterocycles. The molecule has 0 N–H and O–H groups in total. The van der Waals surface area contributed by atoms with E-state index in [0.29, 0.717) is 11.1 Å². The molecule has 0 heterocycles. The second-order valence-corrected chi connectivity index (χ2v) is 10.3. The number of aryl methyl sites for hydroxylation is 1. The van der Waals surface area contributed by atoms with Crippen LogP contribution in [0, 0.1) is 45.5 Å². The van der Waals surface area contributed by atoms with Gasteiger partial charge in [0.25, 0.3) is 0 Å². The Bertz CT molecular complexity index is 651. The van der Waals surface area contributed by atoms with Crippen LogP contribution in [0.5, 0.6) is 0 Å². The Balaban J connectivity index is 3.74. The summed E-state index contributed by atoms with van der Waals surface area (Å²) >= 11 is 0. The lowest BCUT2D eigenvalue weighted by Gasteiger charge is -2.07. The van der Waals surface area contributed by atoms with E-state index < -0.39 is 29.3 Å². The molecule has 0 saturated heterocycles. The lowest BCUT2D eigenvalue weighted by Crippen LogP contribution is -2.16. The quantitative estimate of drug-likeness (QED) is 0.362. The van der Waals surface area contributed by atoms with E-state index in [9.17, 15) is 20.2 Å². The monoisotopic (exact) mass is 292 g/mol. The highest BCUT2D eigenvalue weighted by Gasteiger charge is 2.30. The van der Waals surface area contributed by atoms with Gasteiger partial charge in [0.1, 0.15) is 13.6 Å². The first-order valence-electron chi connectivity index (χ1n) is 6.00. The lowest BCUT2D eigenvalue weighted by atomic mass is 10.0. The van der Waals surface area contributed by atoms with Crippen LogP contribution in [0.25, 0.3) is 0 Å². The summed E-state index contributed by atoms with van der Waals surface area (Å²) in [5.74, 6) is 2.80. The van der Waals surface area contributed by atoms with Crippen molar-refractivity contribution in [1.29, 1.82) is 0 Å². The van der Waals surface area contributed by atoms with Gasteiger partial charge in [-0.25, -0.2) is 0 Å². The van der Waals surface area contributed by atoms with Crippen molar-refractivity contribution in [3.8, 4) is 11.5 Å². The lowest BCUT2D eigenvalue weighted by molar-refractivity contribution is -0.422. The molecule has 20 heavy (non-hydrogen) atoms. The van der Waals surface area contributed by atoms with Crippen LogP contribution in [-0.2, 0) is 0 Å². The molecule has 0 aliphatic carbocycles.